The average molecular weight is 714 g/mol. The van der Waals surface area contributed by atoms with E-state index in [2.05, 4.69) is 25.7 Å². The highest BCUT2D eigenvalue weighted by Crippen LogP contribution is 2.23. The van der Waals surface area contributed by atoms with Crippen LogP contribution < -0.4 is 0 Å². The van der Waals surface area contributed by atoms with Crippen LogP contribution in [0.25, 0.3) is 0 Å². The summed E-state index contributed by atoms with van der Waals surface area (Å²) in [6.45, 7) is 10.9. The van der Waals surface area contributed by atoms with E-state index in [0.717, 1.165) is 76.8 Å². The number of hydrogen-bond donors (Lipinski definition) is 2. The number of carbonyl (C=O) groups is 1. The molecule has 0 saturated heterocycles. The van der Waals surface area contributed by atoms with Gasteiger partial charge in [-0.3, -0.25) is 4.79 Å². The second-order valence-corrected chi connectivity index (χ2v) is 16.1. The Hall–Kier alpha value is -0.140. The maximum absolute atomic E-state index is 12.2. The Kier molecular flexibility index (Phi) is 40.5. The smallest absolute Gasteiger partial charge is 0.188 e. The maximum atomic E-state index is 12.2. The summed E-state index contributed by atoms with van der Waals surface area (Å²) in [4.78, 5) is 14.7. The summed E-state index contributed by atoms with van der Waals surface area (Å²) >= 11 is 1.56. The first-order valence-electron chi connectivity index (χ1n) is 21.9. The molecule has 0 bridgehead atoms. The Bertz CT molecular complexity index is 635. The van der Waals surface area contributed by atoms with Crippen molar-refractivity contribution in [2.24, 2.45) is 5.92 Å². The molecule has 1 unspecified atom stereocenters. The number of unbranched alkanes of at least 4 members (excludes halogenated alkanes) is 22. The number of carbonyl (C=O) groups excluding carboxylic acids is 1. The van der Waals surface area contributed by atoms with Crippen molar-refractivity contribution in [1.82, 2.24) is 4.90 Å². The first-order chi connectivity index (χ1) is 24.1. The predicted molar refractivity (Wildman–Crippen MR) is 217 cm³/mol. The SMILES string of the molecule is CCCCCCCCCC(=O)SCCCCCCN(CCCO)CCCCCCOC(O)C(CCCCCCCC)CCCCCCCC. The van der Waals surface area contributed by atoms with E-state index in [1.807, 2.05) is 0 Å². The minimum Gasteiger partial charge on any atom is -0.396 e. The van der Waals surface area contributed by atoms with E-state index in [-0.39, 0.29) is 6.61 Å². The van der Waals surface area contributed by atoms with Crippen molar-refractivity contribution in [3.63, 3.8) is 0 Å². The summed E-state index contributed by atoms with van der Waals surface area (Å²) in [5, 5.41) is 20.7. The first kappa shape index (κ1) is 48.9. The molecule has 0 saturated carbocycles. The lowest BCUT2D eigenvalue weighted by Crippen LogP contribution is -2.28. The molecule has 2 N–H and O–H groups in total. The van der Waals surface area contributed by atoms with Gasteiger partial charge in [-0.1, -0.05) is 174 Å². The molecule has 0 aliphatic rings. The lowest BCUT2D eigenvalue weighted by Gasteiger charge is -2.23. The summed E-state index contributed by atoms with van der Waals surface area (Å²) in [5.74, 6) is 1.27. The third-order valence-corrected chi connectivity index (χ3v) is 11.2. The number of hydrogen-bond acceptors (Lipinski definition) is 6. The minimum absolute atomic E-state index is 0.263. The molecule has 0 aliphatic carbocycles. The number of ether oxygens (including phenoxy) is 1. The molecule has 0 aliphatic heterocycles. The van der Waals surface area contributed by atoms with Crippen LogP contribution in [0.1, 0.15) is 220 Å². The Balaban J connectivity index is 4.07. The van der Waals surface area contributed by atoms with Crippen LogP contribution in [0.15, 0.2) is 0 Å². The Morgan fingerprint density at radius 3 is 1.51 bits per heavy atom. The second kappa shape index (κ2) is 40.6. The fraction of sp³-hybridized carbons (Fsp3) is 0.977. The van der Waals surface area contributed by atoms with Crippen molar-refractivity contribution >= 4 is 16.9 Å². The molecular formula is C43H87NO4S. The molecule has 0 aromatic carbocycles. The summed E-state index contributed by atoms with van der Waals surface area (Å²) < 4.78 is 6.02. The zero-order valence-corrected chi connectivity index (χ0v) is 34.2. The van der Waals surface area contributed by atoms with Crippen molar-refractivity contribution in [2.45, 2.75) is 226 Å². The van der Waals surface area contributed by atoms with E-state index < -0.39 is 6.29 Å². The van der Waals surface area contributed by atoms with E-state index in [1.54, 1.807) is 11.8 Å². The average Bonchev–Trinajstić information content (AvgIpc) is 3.10. The number of aliphatic hydroxyl groups excluding tert-OH is 2. The molecular weight excluding hydrogens is 627 g/mol. The van der Waals surface area contributed by atoms with Gasteiger partial charge in [-0.15, -0.1) is 0 Å². The molecule has 6 heteroatoms. The summed E-state index contributed by atoms with van der Waals surface area (Å²) in [7, 11) is 0. The lowest BCUT2D eigenvalue weighted by atomic mass is 9.93. The molecule has 0 heterocycles. The molecule has 49 heavy (non-hydrogen) atoms. The molecule has 0 radical (unpaired) electrons. The molecule has 0 amide bonds. The van der Waals surface area contributed by atoms with E-state index in [1.165, 1.54) is 148 Å². The number of thioether (sulfide) groups is 1. The first-order valence-corrected chi connectivity index (χ1v) is 22.9. The number of rotatable bonds is 41. The molecule has 0 spiro atoms. The summed E-state index contributed by atoms with van der Waals surface area (Å²) in [5.41, 5.74) is 0. The Morgan fingerprint density at radius 2 is 0.980 bits per heavy atom. The quantitative estimate of drug-likeness (QED) is 0.0485. The normalized spacial score (nSPS) is 12.5. The van der Waals surface area contributed by atoms with Gasteiger partial charge in [-0.2, -0.15) is 0 Å². The van der Waals surface area contributed by atoms with Crippen molar-refractivity contribution in [1.29, 1.82) is 0 Å². The molecule has 5 nitrogen and oxygen atoms in total. The van der Waals surface area contributed by atoms with Crippen LogP contribution in [0.4, 0.5) is 0 Å². The molecule has 294 valence electrons. The van der Waals surface area contributed by atoms with E-state index in [4.69, 9.17) is 4.74 Å². The molecule has 0 aromatic rings. The van der Waals surface area contributed by atoms with Crippen LogP contribution in [0, 0.1) is 5.92 Å². The van der Waals surface area contributed by atoms with Crippen molar-refractivity contribution in [2.75, 3.05) is 38.6 Å². The van der Waals surface area contributed by atoms with Gasteiger partial charge in [0.2, 0.25) is 0 Å². The van der Waals surface area contributed by atoms with Gasteiger partial charge >= 0.3 is 0 Å². The van der Waals surface area contributed by atoms with E-state index in [0.29, 0.717) is 17.6 Å². The topological polar surface area (TPSA) is 70.0 Å². The number of nitrogens with zero attached hydrogens (tertiary/aromatic N) is 1. The van der Waals surface area contributed by atoms with Crippen LogP contribution in [-0.4, -0.2) is 65.1 Å². The van der Waals surface area contributed by atoms with Crippen LogP contribution >= 0.6 is 11.8 Å². The van der Waals surface area contributed by atoms with Gasteiger partial charge in [0.15, 0.2) is 11.4 Å². The summed E-state index contributed by atoms with van der Waals surface area (Å²) in [6.07, 6.45) is 37.0. The van der Waals surface area contributed by atoms with Gasteiger partial charge in [0, 0.05) is 37.9 Å². The van der Waals surface area contributed by atoms with Gasteiger partial charge in [-0.05, 0) is 64.5 Å². The van der Waals surface area contributed by atoms with Crippen molar-refractivity contribution < 1.29 is 19.7 Å². The lowest BCUT2D eigenvalue weighted by molar-refractivity contribution is -0.138. The van der Waals surface area contributed by atoms with Gasteiger partial charge in [0.1, 0.15) is 0 Å². The Morgan fingerprint density at radius 1 is 0.551 bits per heavy atom. The van der Waals surface area contributed by atoms with Crippen LogP contribution in [0.2, 0.25) is 0 Å². The fourth-order valence-corrected chi connectivity index (χ4v) is 7.70. The minimum atomic E-state index is -0.603. The predicted octanol–water partition coefficient (Wildman–Crippen LogP) is 12.6. The van der Waals surface area contributed by atoms with Crippen LogP contribution in [0.5, 0.6) is 0 Å². The van der Waals surface area contributed by atoms with Crippen molar-refractivity contribution in [3.8, 4) is 0 Å². The zero-order valence-electron chi connectivity index (χ0n) is 33.4. The third kappa shape index (κ3) is 36.0. The van der Waals surface area contributed by atoms with Crippen molar-refractivity contribution in [3.05, 3.63) is 0 Å². The van der Waals surface area contributed by atoms with Gasteiger partial charge in [0.25, 0.3) is 0 Å². The maximum Gasteiger partial charge on any atom is 0.188 e. The molecule has 0 aromatic heterocycles. The van der Waals surface area contributed by atoms with Crippen LogP contribution in [0.3, 0.4) is 0 Å². The highest BCUT2D eigenvalue weighted by atomic mass is 32.2. The van der Waals surface area contributed by atoms with E-state index in [9.17, 15) is 15.0 Å². The van der Waals surface area contributed by atoms with Crippen LogP contribution in [-0.2, 0) is 9.53 Å². The van der Waals surface area contributed by atoms with E-state index >= 15 is 0 Å². The largest absolute Gasteiger partial charge is 0.396 e. The highest BCUT2D eigenvalue weighted by Gasteiger charge is 2.19. The third-order valence-electron chi connectivity index (χ3n) is 10.2. The molecule has 0 rings (SSSR count). The van der Waals surface area contributed by atoms with Gasteiger partial charge < -0.3 is 19.8 Å². The van der Waals surface area contributed by atoms with Gasteiger partial charge in [-0.25, -0.2) is 0 Å². The van der Waals surface area contributed by atoms with Gasteiger partial charge in [0.05, 0.1) is 0 Å². The second-order valence-electron chi connectivity index (χ2n) is 15.0. The zero-order chi connectivity index (χ0) is 35.9. The molecule has 0 fully saturated rings. The highest BCUT2D eigenvalue weighted by molar-refractivity contribution is 8.13. The monoisotopic (exact) mass is 714 g/mol. The number of aliphatic hydroxyl groups is 2. The summed E-state index contributed by atoms with van der Waals surface area (Å²) in [6, 6.07) is 0. The standard InChI is InChI=1S/C43H87NO4S/c1-4-7-10-13-16-19-26-34-42(46)49-40-30-23-21-28-36-44(37-31-38-45)35-27-20-22-29-39-48-43(47)41(32-24-17-14-11-8-5-2)33-25-18-15-12-9-6-3/h41,43,45,47H,4-40H2,1-3H3. The Labute approximate surface area is 311 Å². The molecule has 1 atom stereocenters. The fourth-order valence-electron chi connectivity index (χ4n) is 6.84.